The van der Waals surface area contributed by atoms with E-state index in [9.17, 15) is 19.2 Å². The molecule has 8 rings (SSSR count). The Balaban J connectivity index is 0.000000132. The van der Waals surface area contributed by atoms with E-state index in [-0.39, 0.29) is 35.1 Å². The Bertz CT molecular complexity index is 1670. The molecule has 194 valence electrons. The summed E-state index contributed by atoms with van der Waals surface area (Å²) in [6.07, 6.45) is 0.962. The molecule has 2 unspecified atom stereocenters. The van der Waals surface area contributed by atoms with Crippen LogP contribution in [0, 0.1) is 0 Å². The normalized spacial score (nSPS) is 21.6. The molecule has 0 saturated carbocycles. The Morgan fingerprint density at radius 2 is 1.15 bits per heavy atom. The van der Waals surface area contributed by atoms with E-state index in [2.05, 4.69) is 10.6 Å². The number of hydrogen-bond acceptors (Lipinski definition) is 5. The van der Waals surface area contributed by atoms with Gasteiger partial charge in [-0.1, -0.05) is 78.9 Å². The second kappa shape index (κ2) is 9.27. The third-order valence-electron chi connectivity index (χ3n) is 8.13. The van der Waals surface area contributed by atoms with Crippen molar-refractivity contribution < 1.29 is 19.2 Å². The lowest BCUT2D eigenvalue weighted by atomic mass is 9.82. The first-order chi connectivity index (χ1) is 19.5. The molecular formula is C34H24N2O4. The molecule has 4 aliphatic rings. The molecule has 0 spiro atoms. The first-order valence-electron chi connectivity index (χ1n) is 13.3. The topological polar surface area (TPSA) is 92.3 Å². The van der Waals surface area contributed by atoms with E-state index in [1.807, 2.05) is 91.0 Å². The number of benzene rings is 4. The predicted molar refractivity (Wildman–Crippen MR) is 152 cm³/mol. The number of ketones is 3. The Labute approximate surface area is 230 Å². The van der Waals surface area contributed by atoms with Crippen LogP contribution in [0.2, 0.25) is 0 Å². The standard InChI is InChI=1S/C17H11NO2.C17H13NO2/c19-16-11-6-2-1-5-10(11)9-13(16)15-17(20)12-7-3-4-8-14(12)18-15;19-14-9-10-5-1-2-6-11(10)15(14)16-12-7-3-4-8-13(12)18-17(16)20/h1-8,18H,9H2;1-8,15-16H,9H2,(H,18,20)/b15-13-;. The fraction of sp³-hybridized carbons (Fsp3) is 0.118. The molecule has 0 fully saturated rings. The molecule has 2 aliphatic carbocycles. The lowest BCUT2D eigenvalue weighted by Gasteiger charge is -2.17. The summed E-state index contributed by atoms with van der Waals surface area (Å²) >= 11 is 0. The average Bonchev–Trinajstić information content (AvgIpc) is 3.69. The van der Waals surface area contributed by atoms with Gasteiger partial charge in [-0.05, 0) is 40.5 Å². The summed E-state index contributed by atoms with van der Waals surface area (Å²) in [5.74, 6) is -0.775. The summed E-state index contributed by atoms with van der Waals surface area (Å²) in [7, 11) is 0. The molecule has 1 amide bonds. The van der Waals surface area contributed by atoms with Gasteiger partial charge in [-0.15, -0.1) is 0 Å². The zero-order valence-corrected chi connectivity index (χ0v) is 21.4. The van der Waals surface area contributed by atoms with E-state index in [4.69, 9.17) is 0 Å². The third-order valence-corrected chi connectivity index (χ3v) is 8.13. The van der Waals surface area contributed by atoms with Gasteiger partial charge in [0.15, 0.2) is 5.78 Å². The van der Waals surface area contributed by atoms with E-state index in [0.29, 0.717) is 35.2 Å². The number of carbonyl (C=O) groups excluding carboxylic acids is 4. The number of rotatable bonds is 1. The maximum Gasteiger partial charge on any atom is 0.233 e. The van der Waals surface area contributed by atoms with Crippen LogP contribution in [0.5, 0.6) is 0 Å². The fourth-order valence-electron chi connectivity index (χ4n) is 6.26. The summed E-state index contributed by atoms with van der Waals surface area (Å²) in [5, 5.41) is 5.99. The largest absolute Gasteiger partial charge is 0.351 e. The number of allylic oxidation sites excluding steroid dienone is 2. The molecule has 0 saturated heterocycles. The molecule has 4 aromatic carbocycles. The highest BCUT2D eigenvalue weighted by molar-refractivity contribution is 6.25. The van der Waals surface area contributed by atoms with Gasteiger partial charge in [-0.3, -0.25) is 19.2 Å². The highest BCUT2D eigenvalue weighted by atomic mass is 16.2. The van der Waals surface area contributed by atoms with Crippen LogP contribution in [0.25, 0.3) is 0 Å². The minimum absolute atomic E-state index is 0.0377. The van der Waals surface area contributed by atoms with Crippen molar-refractivity contribution in [2.24, 2.45) is 0 Å². The van der Waals surface area contributed by atoms with Crippen LogP contribution in [-0.2, 0) is 22.4 Å². The first-order valence-corrected chi connectivity index (χ1v) is 13.3. The van der Waals surface area contributed by atoms with E-state index >= 15 is 0 Å². The van der Waals surface area contributed by atoms with E-state index in [1.165, 1.54) is 0 Å². The van der Waals surface area contributed by atoms with Gasteiger partial charge in [-0.2, -0.15) is 0 Å². The number of hydrogen-bond donors (Lipinski definition) is 2. The highest BCUT2D eigenvalue weighted by Crippen LogP contribution is 2.46. The quantitative estimate of drug-likeness (QED) is 0.316. The van der Waals surface area contributed by atoms with Crippen LogP contribution < -0.4 is 10.6 Å². The second-order valence-electron chi connectivity index (χ2n) is 10.4. The molecule has 40 heavy (non-hydrogen) atoms. The number of amides is 1. The van der Waals surface area contributed by atoms with Crippen LogP contribution in [-0.4, -0.2) is 23.3 Å². The van der Waals surface area contributed by atoms with Gasteiger partial charge in [0.25, 0.3) is 0 Å². The molecule has 0 radical (unpaired) electrons. The number of Topliss-reactive ketones (excluding diaryl/α,β-unsaturated/α-hetero) is 3. The molecule has 2 heterocycles. The molecule has 2 N–H and O–H groups in total. The van der Waals surface area contributed by atoms with Crippen LogP contribution in [0.3, 0.4) is 0 Å². The van der Waals surface area contributed by atoms with Gasteiger partial charge in [0.05, 0.1) is 17.5 Å². The van der Waals surface area contributed by atoms with Gasteiger partial charge in [0.1, 0.15) is 5.78 Å². The molecule has 2 aliphatic heterocycles. The summed E-state index contributed by atoms with van der Waals surface area (Å²) in [6.45, 7) is 0. The van der Waals surface area contributed by atoms with Gasteiger partial charge < -0.3 is 10.6 Å². The maximum absolute atomic E-state index is 12.4. The smallest absolute Gasteiger partial charge is 0.233 e. The van der Waals surface area contributed by atoms with E-state index in [1.54, 1.807) is 6.07 Å². The number of carbonyl (C=O) groups is 4. The first kappa shape index (κ1) is 24.0. The van der Waals surface area contributed by atoms with Crippen molar-refractivity contribution in [1.29, 1.82) is 0 Å². The van der Waals surface area contributed by atoms with Crippen molar-refractivity contribution >= 4 is 34.6 Å². The Kier molecular flexibility index (Phi) is 5.56. The molecule has 6 heteroatoms. The van der Waals surface area contributed by atoms with Crippen LogP contribution in [0.4, 0.5) is 11.4 Å². The Morgan fingerprint density at radius 1 is 0.525 bits per heavy atom. The van der Waals surface area contributed by atoms with Gasteiger partial charge in [-0.25, -0.2) is 0 Å². The van der Waals surface area contributed by atoms with Crippen molar-refractivity contribution in [2.45, 2.75) is 24.7 Å². The van der Waals surface area contributed by atoms with Gasteiger partial charge in [0.2, 0.25) is 11.7 Å². The van der Waals surface area contributed by atoms with Crippen molar-refractivity contribution in [2.75, 3.05) is 10.6 Å². The van der Waals surface area contributed by atoms with Crippen molar-refractivity contribution in [3.05, 3.63) is 142 Å². The molecule has 0 aromatic heterocycles. The number of nitrogens with one attached hydrogen (secondary N) is 2. The highest BCUT2D eigenvalue weighted by Gasteiger charge is 2.44. The van der Waals surface area contributed by atoms with Gasteiger partial charge in [0, 0.05) is 40.9 Å². The van der Waals surface area contributed by atoms with Crippen molar-refractivity contribution in [3.8, 4) is 0 Å². The molecule has 6 nitrogen and oxygen atoms in total. The monoisotopic (exact) mass is 524 g/mol. The average molecular weight is 525 g/mol. The molecule has 4 aromatic rings. The fourth-order valence-corrected chi connectivity index (χ4v) is 6.26. The lowest BCUT2D eigenvalue weighted by molar-refractivity contribution is -0.124. The van der Waals surface area contributed by atoms with E-state index < -0.39 is 0 Å². The second-order valence-corrected chi connectivity index (χ2v) is 10.4. The Morgan fingerprint density at radius 3 is 1.90 bits per heavy atom. The third kappa shape index (κ3) is 3.72. The van der Waals surface area contributed by atoms with E-state index in [0.717, 1.165) is 33.6 Å². The van der Waals surface area contributed by atoms with Crippen LogP contribution in [0.15, 0.2) is 108 Å². The van der Waals surface area contributed by atoms with Crippen LogP contribution in [0.1, 0.15) is 54.8 Å². The zero-order chi connectivity index (χ0) is 27.4. The van der Waals surface area contributed by atoms with Crippen LogP contribution >= 0.6 is 0 Å². The maximum atomic E-state index is 12.4. The SMILES string of the molecule is O=C1/C(=C2\Nc3ccccc3C2=O)Cc2ccccc21.O=C1Cc2ccccc2C1C1C(=O)Nc2ccccc21. The summed E-state index contributed by atoms with van der Waals surface area (Å²) in [5.41, 5.74) is 7.97. The number of para-hydroxylation sites is 2. The number of anilines is 2. The summed E-state index contributed by atoms with van der Waals surface area (Å²) in [6, 6.07) is 30.3. The van der Waals surface area contributed by atoms with Gasteiger partial charge >= 0.3 is 0 Å². The minimum Gasteiger partial charge on any atom is -0.351 e. The number of fused-ring (bicyclic) bond motifs is 4. The molecule has 0 bridgehead atoms. The predicted octanol–water partition coefficient (Wildman–Crippen LogP) is 5.62. The van der Waals surface area contributed by atoms with Crippen molar-refractivity contribution in [1.82, 2.24) is 0 Å². The Hall–Kier alpha value is -5.10. The van der Waals surface area contributed by atoms with Crippen molar-refractivity contribution in [3.63, 3.8) is 0 Å². The molecular weight excluding hydrogens is 500 g/mol. The lowest BCUT2D eigenvalue weighted by Crippen LogP contribution is -2.22. The summed E-state index contributed by atoms with van der Waals surface area (Å²) in [4.78, 5) is 49.5. The molecule has 2 atom stereocenters. The zero-order valence-electron chi connectivity index (χ0n) is 21.4. The minimum atomic E-state index is -0.387. The summed E-state index contributed by atoms with van der Waals surface area (Å²) < 4.78 is 0.